The maximum atomic E-state index is 14.5. The van der Waals surface area contributed by atoms with Crippen molar-refractivity contribution in [3.8, 4) is 0 Å². The van der Waals surface area contributed by atoms with E-state index in [4.69, 9.17) is 5.11 Å². The van der Waals surface area contributed by atoms with E-state index < -0.39 is 18.4 Å². The van der Waals surface area contributed by atoms with E-state index in [0.717, 1.165) is 25.7 Å². The quantitative estimate of drug-likeness (QED) is 0.316. The summed E-state index contributed by atoms with van der Waals surface area (Å²) in [7, 11) is 0. The number of allylic oxidation sites excluding steroid dienone is 4. The average molecular weight is 401 g/mol. The van der Waals surface area contributed by atoms with Crippen molar-refractivity contribution in [1.82, 2.24) is 0 Å². The van der Waals surface area contributed by atoms with E-state index in [0.29, 0.717) is 12.8 Å². The highest BCUT2D eigenvalue weighted by Crippen LogP contribution is 2.38. The zero-order valence-corrected chi connectivity index (χ0v) is 17.0. The predicted octanol–water partition coefficient (Wildman–Crippen LogP) is 4.84. The van der Waals surface area contributed by atoms with Gasteiger partial charge in [0.2, 0.25) is 0 Å². The van der Waals surface area contributed by atoms with Crippen molar-refractivity contribution < 1.29 is 19.7 Å². The maximum absolute atomic E-state index is 14.5. The summed E-state index contributed by atoms with van der Waals surface area (Å²) in [5, 5.41) is 30.0. The standard InChI is InChI=1S/C25H33FO3/c1-17(27)8-4-2-3-5-11-22-21(23(26)16-25(22)29)12-13-24(28)20-14-18-9-6-7-10-19(18)15-20/h3,5-7,9-10,12-13,20-25,27-29H,1-2,4,8,11,14-16H2/b5-3-,13-12+/t21-,22-,23+,24+,25+/m1/s1. The van der Waals surface area contributed by atoms with Gasteiger partial charge in [0.25, 0.3) is 0 Å². The molecule has 3 nitrogen and oxygen atoms in total. The highest BCUT2D eigenvalue weighted by molar-refractivity contribution is 5.33. The van der Waals surface area contributed by atoms with Crippen molar-refractivity contribution in [2.75, 3.05) is 0 Å². The van der Waals surface area contributed by atoms with Crippen molar-refractivity contribution in [2.24, 2.45) is 17.8 Å². The smallest absolute Gasteiger partial charge is 0.109 e. The minimum Gasteiger partial charge on any atom is -0.513 e. The van der Waals surface area contributed by atoms with Gasteiger partial charge in [-0.15, -0.1) is 0 Å². The zero-order chi connectivity index (χ0) is 20.8. The Kier molecular flexibility index (Phi) is 7.68. The van der Waals surface area contributed by atoms with Gasteiger partial charge in [0, 0.05) is 18.8 Å². The van der Waals surface area contributed by atoms with E-state index >= 15 is 0 Å². The summed E-state index contributed by atoms with van der Waals surface area (Å²) in [6, 6.07) is 8.26. The lowest BCUT2D eigenvalue weighted by Gasteiger charge is -2.20. The molecule has 3 N–H and O–H groups in total. The van der Waals surface area contributed by atoms with Crippen molar-refractivity contribution >= 4 is 0 Å². The first-order chi connectivity index (χ1) is 14.0. The lowest BCUT2D eigenvalue weighted by molar-refractivity contribution is 0.124. The molecule has 0 amide bonds. The topological polar surface area (TPSA) is 60.7 Å². The molecule has 0 spiro atoms. The second-order valence-corrected chi connectivity index (χ2v) is 8.54. The van der Waals surface area contributed by atoms with Gasteiger partial charge in [-0.2, -0.15) is 0 Å². The number of fused-ring (bicyclic) bond motifs is 1. The molecule has 0 aromatic heterocycles. The summed E-state index contributed by atoms with van der Waals surface area (Å²) in [5.74, 6) is -0.213. The molecule has 0 radical (unpaired) electrons. The Morgan fingerprint density at radius 2 is 1.90 bits per heavy atom. The molecular formula is C25H33FO3. The molecule has 0 aliphatic heterocycles. The van der Waals surface area contributed by atoms with Gasteiger partial charge in [0.05, 0.1) is 18.0 Å². The lowest BCUT2D eigenvalue weighted by atomic mass is 9.89. The van der Waals surface area contributed by atoms with Gasteiger partial charge in [0.1, 0.15) is 6.17 Å². The minimum absolute atomic E-state index is 0.132. The monoisotopic (exact) mass is 400 g/mol. The normalized spacial score (nSPS) is 28.4. The number of alkyl halides is 1. The van der Waals surface area contributed by atoms with Crippen LogP contribution in [0.25, 0.3) is 0 Å². The fraction of sp³-hybridized carbons (Fsp3) is 0.520. The van der Waals surface area contributed by atoms with Crippen LogP contribution in [0.5, 0.6) is 0 Å². The molecule has 1 fully saturated rings. The number of hydrogen-bond acceptors (Lipinski definition) is 3. The molecule has 1 saturated carbocycles. The zero-order valence-electron chi connectivity index (χ0n) is 17.0. The molecule has 1 aromatic carbocycles. The fourth-order valence-corrected chi connectivity index (χ4v) is 4.69. The van der Waals surface area contributed by atoms with Gasteiger partial charge in [-0.3, -0.25) is 0 Å². The predicted molar refractivity (Wildman–Crippen MR) is 114 cm³/mol. The van der Waals surface area contributed by atoms with Crippen molar-refractivity contribution in [2.45, 2.75) is 63.3 Å². The second-order valence-electron chi connectivity index (χ2n) is 8.54. The van der Waals surface area contributed by atoms with Crippen LogP contribution in [0, 0.1) is 17.8 Å². The molecule has 2 aliphatic rings. The molecule has 0 heterocycles. The van der Waals surface area contributed by atoms with Crippen LogP contribution in [-0.2, 0) is 12.8 Å². The molecule has 158 valence electrons. The minimum atomic E-state index is -1.08. The average Bonchev–Trinajstić information content (AvgIpc) is 3.23. The van der Waals surface area contributed by atoms with Crippen LogP contribution in [0.15, 0.2) is 60.9 Å². The maximum Gasteiger partial charge on any atom is 0.109 e. The Hall–Kier alpha value is -1.91. The van der Waals surface area contributed by atoms with Crippen LogP contribution < -0.4 is 0 Å². The number of aliphatic hydroxyl groups is 3. The van der Waals surface area contributed by atoms with Crippen molar-refractivity contribution in [1.29, 1.82) is 0 Å². The molecule has 4 heteroatoms. The van der Waals surface area contributed by atoms with Gasteiger partial charge >= 0.3 is 0 Å². The Labute approximate surface area is 173 Å². The van der Waals surface area contributed by atoms with Crippen LogP contribution in [-0.4, -0.2) is 33.7 Å². The number of benzene rings is 1. The third kappa shape index (κ3) is 5.80. The first-order valence-corrected chi connectivity index (χ1v) is 10.7. The van der Waals surface area contributed by atoms with Gasteiger partial charge in [-0.25, -0.2) is 4.39 Å². The third-order valence-electron chi connectivity index (χ3n) is 6.38. The molecular weight excluding hydrogens is 367 g/mol. The molecule has 1 aromatic rings. The van der Waals surface area contributed by atoms with Crippen LogP contribution >= 0.6 is 0 Å². The summed E-state index contributed by atoms with van der Waals surface area (Å²) in [6.45, 7) is 3.47. The summed E-state index contributed by atoms with van der Waals surface area (Å²) in [4.78, 5) is 0. The second kappa shape index (κ2) is 10.2. The molecule has 2 aliphatic carbocycles. The van der Waals surface area contributed by atoms with Crippen molar-refractivity contribution in [3.05, 3.63) is 72.0 Å². The van der Waals surface area contributed by atoms with Gasteiger partial charge in [-0.05, 0) is 55.1 Å². The van der Waals surface area contributed by atoms with E-state index in [9.17, 15) is 14.6 Å². The highest BCUT2D eigenvalue weighted by Gasteiger charge is 2.40. The Morgan fingerprint density at radius 3 is 2.55 bits per heavy atom. The van der Waals surface area contributed by atoms with E-state index in [-0.39, 0.29) is 29.9 Å². The summed E-state index contributed by atoms with van der Waals surface area (Å²) >= 11 is 0. The fourth-order valence-electron chi connectivity index (χ4n) is 4.69. The van der Waals surface area contributed by atoms with Crippen LogP contribution in [0.4, 0.5) is 4.39 Å². The first-order valence-electron chi connectivity index (χ1n) is 10.7. The number of unbranched alkanes of at least 4 members (excludes halogenated alkanes) is 1. The van der Waals surface area contributed by atoms with Crippen LogP contribution in [0.1, 0.15) is 43.2 Å². The number of aliphatic hydroxyl groups excluding tert-OH is 3. The molecule has 29 heavy (non-hydrogen) atoms. The van der Waals surface area contributed by atoms with E-state index in [1.165, 1.54) is 11.1 Å². The van der Waals surface area contributed by atoms with Gasteiger partial charge < -0.3 is 15.3 Å². The molecule has 5 atom stereocenters. The summed E-state index contributed by atoms with van der Waals surface area (Å²) in [6.07, 6.45) is 9.91. The molecule has 0 bridgehead atoms. The summed E-state index contributed by atoms with van der Waals surface area (Å²) in [5.41, 5.74) is 2.58. The summed E-state index contributed by atoms with van der Waals surface area (Å²) < 4.78 is 14.5. The largest absolute Gasteiger partial charge is 0.513 e. The van der Waals surface area contributed by atoms with Gasteiger partial charge in [0.15, 0.2) is 0 Å². The molecule has 3 rings (SSSR count). The van der Waals surface area contributed by atoms with Gasteiger partial charge in [-0.1, -0.05) is 55.1 Å². The SMILES string of the molecule is C=C(O)CCC/C=C\C[C@@H]1[C@@H](/C=C/[C@H](O)C2Cc3ccccc3C2)[C@@H](F)C[C@@H]1O. The highest BCUT2D eigenvalue weighted by atomic mass is 19.1. The van der Waals surface area contributed by atoms with E-state index in [2.05, 4.69) is 18.7 Å². The first kappa shape index (κ1) is 21.8. The third-order valence-corrected chi connectivity index (χ3v) is 6.38. The number of rotatable bonds is 9. The molecule has 0 unspecified atom stereocenters. The Bertz CT molecular complexity index is 716. The van der Waals surface area contributed by atoms with Crippen LogP contribution in [0.2, 0.25) is 0 Å². The number of halogens is 1. The molecule has 0 saturated heterocycles. The number of hydrogen-bond donors (Lipinski definition) is 3. The lowest BCUT2D eigenvalue weighted by Crippen LogP contribution is -2.21. The Balaban J connectivity index is 1.53. The Morgan fingerprint density at radius 1 is 1.21 bits per heavy atom. The van der Waals surface area contributed by atoms with Crippen LogP contribution in [0.3, 0.4) is 0 Å². The van der Waals surface area contributed by atoms with Crippen molar-refractivity contribution in [3.63, 3.8) is 0 Å². The van der Waals surface area contributed by atoms with E-state index in [1.54, 1.807) is 12.2 Å². The van der Waals surface area contributed by atoms with E-state index in [1.807, 2.05) is 24.3 Å².